The first kappa shape index (κ1) is 15.5. The van der Waals surface area contributed by atoms with E-state index in [1.165, 1.54) is 19.3 Å². The van der Waals surface area contributed by atoms with E-state index in [-0.39, 0.29) is 11.3 Å². The van der Waals surface area contributed by atoms with Gasteiger partial charge >= 0.3 is 0 Å². The Morgan fingerprint density at radius 1 is 1.22 bits per heavy atom. The summed E-state index contributed by atoms with van der Waals surface area (Å²) in [5.74, 6) is 1.34. The molecule has 2 unspecified atom stereocenters. The fraction of sp³-hybridized carbons (Fsp3) is 0.632. The summed E-state index contributed by atoms with van der Waals surface area (Å²) in [5, 5.41) is 4.13. The van der Waals surface area contributed by atoms with Crippen LogP contribution in [0.15, 0.2) is 24.3 Å². The van der Waals surface area contributed by atoms with E-state index >= 15 is 0 Å². The van der Waals surface area contributed by atoms with Gasteiger partial charge < -0.3 is 11.1 Å². The molecule has 2 atom stereocenters. The van der Waals surface area contributed by atoms with E-state index in [0.29, 0.717) is 28.9 Å². The number of nitrogens with one attached hydrogen (secondary N) is 1. The Morgan fingerprint density at radius 3 is 2.52 bits per heavy atom. The third-order valence-corrected chi connectivity index (χ3v) is 6.47. The van der Waals surface area contributed by atoms with Crippen molar-refractivity contribution < 1.29 is 4.79 Å². The van der Waals surface area contributed by atoms with Crippen molar-refractivity contribution in [1.29, 1.82) is 0 Å². The lowest BCUT2D eigenvalue weighted by Crippen LogP contribution is -2.55. The van der Waals surface area contributed by atoms with Crippen molar-refractivity contribution in [2.75, 3.05) is 0 Å². The Kier molecular flexibility index (Phi) is 3.89. The average Bonchev–Trinajstić information content (AvgIpc) is 3.30. The number of carbonyl (C=O) groups excluding carboxylic acids is 1. The minimum atomic E-state index is -0.335. The number of fused-ring (bicyclic) bond motifs is 2. The molecule has 3 saturated carbocycles. The lowest BCUT2D eigenvalue weighted by molar-refractivity contribution is -0.126. The highest BCUT2D eigenvalue weighted by Crippen LogP contribution is 2.49. The predicted molar refractivity (Wildman–Crippen MR) is 92.3 cm³/mol. The van der Waals surface area contributed by atoms with Gasteiger partial charge in [-0.1, -0.05) is 30.2 Å². The highest BCUT2D eigenvalue weighted by Gasteiger charge is 2.53. The van der Waals surface area contributed by atoms with Gasteiger partial charge in [-0.15, -0.1) is 0 Å². The Morgan fingerprint density at radius 2 is 1.91 bits per heavy atom. The molecule has 1 aromatic rings. The fourth-order valence-corrected chi connectivity index (χ4v) is 5.06. The summed E-state index contributed by atoms with van der Waals surface area (Å²) in [6.45, 7) is 0. The van der Waals surface area contributed by atoms with Gasteiger partial charge in [-0.3, -0.25) is 4.79 Å². The molecule has 2 bridgehead atoms. The van der Waals surface area contributed by atoms with Gasteiger partial charge in [-0.2, -0.15) is 0 Å². The van der Waals surface area contributed by atoms with Gasteiger partial charge in [0.05, 0.1) is 5.41 Å². The summed E-state index contributed by atoms with van der Waals surface area (Å²) in [7, 11) is 0. The number of halogens is 1. The molecular weight excluding hydrogens is 308 g/mol. The molecule has 0 radical (unpaired) electrons. The first-order chi connectivity index (χ1) is 11.1. The normalized spacial score (nSPS) is 34.7. The highest BCUT2D eigenvalue weighted by atomic mass is 35.5. The second kappa shape index (κ2) is 5.78. The zero-order valence-electron chi connectivity index (χ0n) is 13.4. The first-order valence-electron chi connectivity index (χ1n) is 8.91. The van der Waals surface area contributed by atoms with E-state index in [0.717, 1.165) is 31.2 Å². The Bertz CT molecular complexity index is 599. The van der Waals surface area contributed by atoms with Gasteiger partial charge in [0, 0.05) is 17.1 Å². The number of carbonyl (C=O) groups is 1. The fourth-order valence-electron chi connectivity index (χ4n) is 4.87. The molecule has 0 saturated heterocycles. The first-order valence-corrected chi connectivity index (χ1v) is 9.29. The summed E-state index contributed by atoms with van der Waals surface area (Å²) in [5.41, 5.74) is 6.93. The number of hydrogen-bond donors (Lipinski definition) is 2. The molecule has 3 nitrogen and oxygen atoms in total. The lowest BCUT2D eigenvalue weighted by atomic mass is 9.67. The smallest absolute Gasteiger partial charge is 0.230 e. The summed E-state index contributed by atoms with van der Waals surface area (Å²) in [6.07, 6.45) is 7.69. The van der Waals surface area contributed by atoms with Crippen molar-refractivity contribution in [2.24, 2.45) is 17.6 Å². The van der Waals surface area contributed by atoms with Crippen LogP contribution in [0.2, 0.25) is 5.02 Å². The minimum Gasteiger partial charge on any atom is -0.352 e. The summed E-state index contributed by atoms with van der Waals surface area (Å²) < 4.78 is 0. The standard InChI is InChI=1S/C19H25ClN2O/c20-15-6-2-5-14(11-15)19(7-8-19)18(23)22-17-12-3-1-4-13(17)10-16(21)9-12/h2,5-6,11-13,16-17H,1,3-4,7-10,21H2,(H,22,23). The van der Waals surface area contributed by atoms with Gasteiger partial charge in [0.15, 0.2) is 0 Å². The van der Waals surface area contributed by atoms with Crippen molar-refractivity contribution in [3.8, 4) is 0 Å². The summed E-state index contributed by atoms with van der Waals surface area (Å²) >= 11 is 6.12. The monoisotopic (exact) mass is 332 g/mol. The quantitative estimate of drug-likeness (QED) is 0.891. The molecule has 3 N–H and O–H groups in total. The topological polar surface area (TPSA) is 55.1 Å². The van der Waals surface area contributed by atoms with Crippen LogP contribution in [0.4, 0.5) is 0 Å². The molecule has 1 aromatic carbocycles. The zero-order valence-corrected chi connectivity index (χ0v) is 14.2. The Hall–Kier alpha value is -1.06. The summed E-state index contributed by atoms with van der Waals surface area (Å²) in [4.78, 5) is 13.0. The molecule has 3 fully saturated rings. The van der Waals surface area contributed by atoms with E-state index in [1.807, 2.05) is 24.3 Å². The second-order valence-electron chi connectivity index (χ2n) is 7.77. The van der Waals surface area contributed by atoms with Crippen LogP contribution in [-0.4, -0.2) is 18.0 Å². The maximum atomic E-state index is 13.0. The van der Waals surface area contributed by atoms with Crippen molar-refractivity contribution in [3.05, 3.63) is 34.9 Å². The van der Waals surface area contributed by atoms with Crippen LogP contribution in [0.5, 0.6) is 0 Å². The second-order valence-corrected chi connectivity index (χ2v) is 8.21. The molecule has 3 aliphatic carbocycles. The molecule has 4 rings (SSSR count). The van der Waals surface area contributed by atoms with E-state index < -0.39 is 0 Å². The number of benzene rings is 1. The van der Waals surface area contributed by atoms with Crippen LogP contribution in [0.25, 0.3) is 0 Å². The van der Waals surface area contributed by atoms with E-state index in [4.69, 9.17) is 17.3 Å². The molecule has 0 heterocycles. The molecule has 23 heavy (non-hydrogen) atoms. The van der Waals surface area contributed by atoms with Crippen molar-refractivity contribution in [2.45, 2.75) is 62.4 Å². The molecule has 3 aliphatic rings. The van der Waals surface area contributed by atoms with Gasteiger partial charge in [0.2, 0.25) is 5.91 Å². The Labute approximate surface area is 143 Å². The largest absolute Gasteiger partial charge is 0.352 e. The molecule has 1 amide bonds. The van der Waals surface area contributed by atoms with E-state index in [2.05, 4.69) is 5.32 Å². The molecule has 124 valence electrons. The van der Waals surface area contributed by atoms with Crippen LogP contribution in [0.3, 0.4) is 0 Å². The third-order valence-electron chi connectivity index (χ3n) is 6.24. The maximum absolute atomic E-state index is 13.0. The van der Waals surface area contributed by atoms with Crippen molar-refractivity contribution in [1.82, 2.24) is 5.32 Å². The Balaban J connectivity index is 1.52. The number of nitrogens with two attached hydrogens (primary N) is 1. The van der Waals surface area contributed by atoms with Crippen LogP contribution < -0.4 is 11.1 Å². The molecular formula is C19H25ClN2O. The highest BCUT2D eigenvalue weighted by molar-refractivity contribution is 6.30. The SMILES string of the molecule is NC1CC2CCCC(C1)C2NC(=O)C1(c2cccc(Cl)c2)CC1. The third kappa shape index (κ3) is 2.78. The number of rotatable bonds is 3. The molecule has 4 heteroatoms. The van der Waals surface area contributed by atoms with Crippen LogP contribution in [0.1, 0.15) is 50.5 Å². The number of hydrogen-bond acceptors (Lipinski definition) is 2. The van der Waals surface area contributed by atoms with Crippen molar-refractivity contribution in [3.63, 3.8) is 0 Å². The molecule has 0 aromatic heterocycles. The minimum absolute atomic E-state index is 0.206. The van der Waals surface area contributed by atoms with E-state index in [9.17, 15) is 4.79 Å². The van der Waals surface area contributed by atoms with E-state index in [1.54, 1.807) is 0 Å². The van der Waals surface area contributed by atoms with Gasteiger partial charge in [0.25, 0.3) is 0 Å². The average molecular weight is 333 g/mol. The summed E-state index contributed by atoms with van der Waals surface area (Å²) in [6, 6.07) is 8.45. The number of amides is 1. The van der Waals surface area contributed by atoms with Gasteiger partial charge in [-0.25, -0.2) is 0 Å². The van der Waals surface area contributed by atoms with Crippen LogP contribution in [0, 0.1) is 11.8 Å². The lowest BCUT2D eigenvalue weighted by Gasteiger charge is -2.45. The maximum Gasteiger partial charge on any atom is 0.230 e. The van der Waals surface area contributed by atoms with Gasteiger partial charge in [0.1, 0.15) is 0 Å². The van der Waals surface area contributed by atoms with Crippen LogP contribution >= 0.6 is 11.6 Å². The van der Waals surface area contributed by atoms with Crippen molar-refractivity contribution >= 4 is 17.5 Å². The predicted octanol–water partition coefficient (Wildman–Crippen LogP) is 3.39. The van der Waals surface area contributed by atoms with Gasteiger partial charge in [-0.05, 0) is 68.1 Å². The van der Waals surface area contributed by atoms with Crippen LogP contribution in [-0.2, 0) is 10.2 Å². The zero-order chi connectivity index (χ0) is 16.0. The molecule has 0 spiro atoms. The molecule has 0 aliphatic heterocycles.